The number of fused-ring (bicyclic) bond motifs is 1. The number of nitrogens with one attached hydrogen (secondary N) is 1. The molecule has 2 unspecified atom stereocenters. The normalized spacial score (nSPS) is 25.7. The largest absolute Gasteiger partial charge is 0.430 e. The molecule has 0 radical (unpaired) electrons. The van der Waals surface area contributed by atoms with Gasteiger partial charge in [0, 0.05) is 30.8 Å². The Morgan fingerprint density at radius 3 is 2.78 bits per heavy atom. The van der Waals surface area contributed by atoms with Crippen LogP contribution >= 0.6 is 0 Å². The van der Waals surface area contributed by atoms with Gasteiger partial charge >= 0.3 is 6.09 Å². The average molecular weight is 559 g/mol. The summed E-state index contributed by atoms with van der Waals surface area (Å²) in [5.74, 6) is -0.0659. The number of nitrogens with zero attached hydrogens (tertiary/aromatic N) is 5. The number of amides is 2. The Hall–Kier alpha value is -3.64. The summed E-state index contributed by atoms with van der Waals surface area (Å²) in [6, 6.07) is 7.73. The Labute approximate surface area is 243 Å². The van der Waals surface area contributed by atoms with Gasteiger partial charge in [-0.05, 0) is 69.6 Å². The Morgan fingerprint density at radius 1 is 1.12 bits per heavy atom. The Bertz CT molecular complexity index is 1310. The van der Waals surface area contributed by atoms with Crippen LogP contribution in [0.15, 0.2) is 42.7 Å². The van der Waals surface area contributed by atoms with Crippen molar-refractivity contribution >= 4 is 23.4 Å². The summed E-state index contributed by atoms with van der Waals surface area (Å²) < 4.78 is 7.93. The van der Waals surface area contributed by atoms with Crippen molar-refractivity contribution in [1.82, 2.24) is 15.1 Å². The minimum absolute atomic E-state index is 0.0333. The van der Waals surface area contributed by atoms with Gasteiger partial charge in [0.1, 0.15) is 0 Å². The zero-order chi connectivity index (χ0) is 28.8. The van der Waals surface area contributed by atoms with Crippen molar-refractivity contribution in [2.75, 3.05) is 16.3 Å². The summed E-state index contributed by atoms with van der Waals surface area (Å²) in [5.41, 5.74) is 3.07. The van der Waals surface area contributed by atoms with Gasteiger partial charge in [0.15, 0.2) is 6.23 Å². The monoisotopic (exact) mass is 558 g/mol. The molecule has 9 heteroatoms. The number of ether oxygens (including phenoxy) is 1. The number of hydrogen-bond acceptors (Lipinski definition) is 6. The van der Waals surface area contributed by atoms with E-state index in [1.807, 2.05) is 31.3 Å². The fourth-order valence-electron chi connectivity index (χ4n) is 6.61. The van der Waals surface area contributed by atoms with E-state index in [0.717, 1.165) is 49.7 Å². The van der Waals surface area contributed by atoms with Gasteiger partial charge in [-0.25, -0.2) is 4.79 Å². The summed E-state index contributed by atoms with van der Waals surface area (Å²) in [6.45, 7) is 4.37. The number of carbonyl (C=O) groups excluding carboxylic acids is 2. The van der Waals surface area contributed by atoms with Crippen LogP contribution in [-0.4, -0.2) is 46.1 Å². The molecule has 1 aromatic heterocycles. The first-order chi connectivity index (χ1) is 19.9. The van der Waals surface area contributed by atoms with Gasteiger partial charge in [-0.1, -0.05) is 37.5 Å². The molecule has 41 heavy (non-hydrogen) atoms. The highest BCUT2D eigenvalue weighted by Gasteiger charge is 2.39. The summed E-state index contributed by atoms with van der Waals surface area (Å²) in [4.78, 5) is 29.9. The second-order valence-corrected chi connectivity index (χ2v) is 11.8. The molecule has 0 saturated carbocycles. The predicted octanol–water partition coefficient (Wildman–Crippen LogP) is 6.30. The Morgan fingerprint density at radius 2 is 1.95 bits per heavy atom. The summed E-state index contributed by atoms with van der Waals surface area (Å²) in [5, 5.41) is 17.0. The number of carbonyl (C=O) groups is 2. The zero-order valence-corrected chi connectivity index (χ0v) is 24.3. The lowest BCUT2D eigenvalue weighted by atomic mass is 9.80. The molecule has 3 aliphatic rings. The molecule has 1 aromatic carbocycles. The van der Waals surface area contributed by atoms with E-state index in [1.165, 1.54) is 25.7 Å². The van der Waals surface area contributed by atoms with Crippen LogP contribution in [0.1, 0.15) is 84.5 Å². The first-order valence-corrected chi connectivity index (χ1v) is 15.1. The first kappa shape index (κ1) is 28.9. The standard InChI is InChI=1S/C32H42N6O3/c1-24-22-37(31(40)41-30-12-10-17-32(35-30)15-8-6-4-3-5-7-9-16-32)29-20-26(13-14-28(29)38(24)25(2)39)27-21-34-36(23-27)19-11-18-33/h6,8,13-14,20-21,23-24,30,35H,3-5,7,9-12,15-17,19,22H2,1-2H3/b8-6-/t24-,30?,32?/m0/s1. The second kappa shape index (κ2) is 12.9. The predicted molar refractivity (Wildman–Crippen MR) is 159 cm³/mol. The van der Waals surface area contributed by atoms with Crippen molar-refractivity contribution in [2.24, 2.45) is 0 Å². The number of benzene rings is 1. The van der Waals surface area contributed by atoms with Crippen LogP contribution in [0, 0.1) is 11.3 Å². The maximum atomic E-state index is 13.8. The molecule has 9 nitrogen and oxygen atoms in total. The topological polar surface area (TPSA) is 103 Å². The van der Waals surface area contributed by atoms with E-state index >= 15 is 0 Å². The van der Waals surface area contributed by atoms with Gasteiger partial charge in [-0.3, -0.25) is 19.7 Å². The molecule has 1 spiro atoms. The maximum Gasteiger partial charge on any atom is 0.416 e. The highest BCUT2D eigenvalue weighted by atomic mass is 16.6. The molecule has 1 aliphatic carbocycles. The van der Waals surface area contributed by atoms with Gasteiger partial charge in [-0.2, -0.15) is 10.4 Å². The molecular formula is C32H42N6O3. The van der Waals surface area contributed by atoms with Gasteiger partial charge in [-0.15, -0.1) is 0 Å². The molecule has 1 saturated heterocycles. The van der Waals surface area contributed by atoms with Crippen LogP contribution < -0.4 is 15.1 Å². The third-order valence-corrected chi connectivity index (χ3v) is 8.68. The number of aromatic nitrogens is 2. The molecule has 3 atom stereocenters. The third-order valence-electron chi connectivity index (χ3n) is 8.68. The van der Waals surface area contributed by atoms with E-state index in [2.05, 4.69) is 28.6 Å². The van der Waals surface area contributed by atoms with E-state index in [9.17, 15) is 9.59 Å². The summed E-state index contributed by atoms with van der Waals surface area (Å²) in [6.07, 6.45) is 19.0. The van der Waals surface area contributed by atoms with Gasteiger partial charge in [0.05, 0.1) is 42.6 Å². The summed E-state index contributed by atoms with van der Waals surface area (Å²) >= 11 is 0. The van der Waals surface area contributed by atoms with Crippen molar-refractivity contribution in [3.05, 3.63) is 42.7 Å². The van der Waals surface area contributed by atoms with Crippen molar-refractivity contribution in [1.29, 1.82) is 5.26 Å². The van der Waals surface area contributed by atoms with E-state index < -0.39 is 6.09 Å². The molecule has 2 amide bonds. The lowest BCUT2D eigenvalue weighted by Crippen LogP contribution is -2.57. The molecule has 3 heterocycles. The Balaban J connectivity index is 1.38. The van der Waals surface area contributed by atoms with Gasteiger partial charge in [0.2, 0.25) is 5.91 Å². The second-order valence-electron chi connectivity index (χ2n) is 11.8. The molecule has 5 rings (SSSR count). The smallest absolute Gasteiger partial charge is 0.416 e. The molecule has 0 bridgehead atoms. The van der Waals surface area contributed by atoms with Crippen LogP contribution in [-0.2, 0) is 16.1 Å². The van der Waals surface area contributed by atoms with Crippen LogP contribution in [0.25, 0.3) is 11.1 Å². The first-order valence-electron chi connectivity index (χ1n) is 15.1. The van der Waals surface area contributed by atoms with Crippen LogP contribution in [0.2, 0.25) is 0 Å². The SMILES string of the molecule is CC(=O)N1c2ccc(-c3cnn(CCC#N)c3)cc2N(C(=O)OC2CCCC3(C/C=C\CCCCCC3)N2)C[C@@H]1C. The molecule has 218 valence electrons. The molecule has 1 N–H and O–H groups in total. The summed E-state index contributed by atoms with van der Waals surface area (Å²) in [7, 11) is 0. The maximum absolute atomic E-state index is 13.8. The van der Waals surface area contributed by atoms with Crippen LogP contribution in [0.3, 0.4) is 0 Å². The number of anilines is 2. The number of nitriles is 1. The highest BCUT2D eigenvalue weighted by molar-refractivity contribution is 6.03. The number of allylic oxidation sites excluding steroid dienone is 1. The van der Waals surface area contributed by atoms with E-state index in [0.29, 0.717) is 30.9 Å². The van der Waals surface area contributed by atoms with E-state index in [4.69, 9.17) is 10.00 Å². The number of rotatable bonds is 4. The minimum Gasteiger partial charge on any atom is -0.430 e. The van der Waals surface area contributed by atoms with Crippen molar-refractivity contribution in [2.45, 2.75) is 109 Å². The van der Waals surface area contributed by atoms with Crippen LogP contribution in [0.4, 0.5) is 16.2 Å². The lowest BCUT2D eigenvalue weighted by molar-refractivity contribution is -0.117. The molecule has 1 fully saturated rings. The zero-order valence-electron chi connectivity index (χ0n) is 24.3. The van der Waals surface area contributed by atoms with Gasteiger partial charge in [0.25, 0.3) is 0 Å². The average Bonchev–Trinajstić information content (AvgIpc) is 3.43. The van der Waals surface area contributed by atoms with Crippen molar-refractivity contribution < 1.29 is 14.3 Å². The molecule has 2 aliphatic heterocycles. The fourth-order valence-corrected chi connectivity index (χ4v) is 6.61. The van der Waals surface area contributed by atoms with E-state index in [1.54, 1.807) is 27.6 Å². The fraction of sp³-hybridized carbons (Fsp3) is 0.562. The quantitative estimate of drug-likeness (QED) is 0.442. The Kier molecular flexibility index (Phi) is 9.09. The van der Waals surface area contributed by atoms with Gasteiger partial charge < -0.3 is 9.64 Å². The minimum atomic E-state index is -0.395. The van der Waals surface area contributed by atoms with E-state index in [-0.39, 0.29) is 23.7 Å². The lowest BCUT2D eigenvalue weighted by Gasteiger charge is -2.44. The number of aryl methyl sites for hydroxylation is 1. The van der Waals surface area contributed by atoms with Crippen molar-refractivity contribution in [3.8, 4) is 17.2 Å². The van der Waals surface area contributed by atoms with Crippen LogP contribution in [0.5, 0.6) is 0 Å². The van der Waals surface area contributed by atoms with Crippen molar-refractivity contribution in [3.63, 3.8) is 0 Å². The third kappa shape index (κ3) is 6.65. The molecular weight excluding hydrogens is 516 g/mol. The number of piperidine rings is 1. The number of hydrogen-bond donors (Lipinski definition) is 1. The molecule has 2 aromatic rings. The highest BCUT2D eigenvalue weighted by Crippen LogP contribution is 2.40.